The molecule has 0 aliphatic carbocycles. The van der Waals surface area contributed by atoms with Gasteiger partial charge in [-0.25, -0.2) is 4.79 Å². The molecule has 0 fully saturated rings. The van der Waals surface area contributed by atoms with Crippen molar-refractivity contribution in [2.24, 2.45) is 0 Å². The van der Waals surface area contributed by atoms with E-state index in [1.165, 1.54) is 0 Å². The lowest BCUT2D eigenvalue weighted by molar-refractivity contribution is 0.237. The number of carbonyl (C=O) groups excluding carboxylic acids is 1. The topological polar surface area (TPSA) is 67.2 Å². The minimum Gasteiger partial charge on any atom is -0.361 e. The molecular formula is C14H16BrN3O2. The van der Waals surface area contributed by atoms with Gasteiger partial charge < -0.3 is 15.2 Å². The molecule has 2 amide bonds. The minimum absolute atomic E-state index is 0.0929. The Labute approximate surface area is 125 Å². The Hall–Kier alpha value is -1.82. The van der Waals surface area contributed by atoms with Gasteiger partial charge in [-0.1, -0.05) is 39.3 Å². The maximum Gasteiger partial charge on any atom is 0.315 e. The second-order valence-electron chi connectivity index (χ2n) is 4.50. The summed E-state index contributed by atoms with van der Waals surface area (Å²) in [7, 11) is 0. The molecule has 2 aromatic rings. The van der Waals surface area contributed by atoms with Crippen LogP contribution in [0.25, 0.3) is 0 Å². The van der Waals surface area contributed by atoms with Crippen LogP contribution in [0, 0.1) is 6.92 Å². The molecule has 0 saturated carbocycles. The van der Waals surface area contributed by atoms with Crippen LogP contribution in [-0.4, -0.2) is 11.2 Å². The first-order chi connectivity index (χ1) is 9.56. The second kappa shape index (κ2) is 6.56. The zero-order chi connectivity index (χ0) is 14.5. The van der Waals surface area contributed by atoms with E-state index in [-0.39, 0.29) is 12.1 Å². The molecule has 0 aliphatic heterocycles. The van der Waals surface area contributed by atoms with Crippen LogP contribution in [0.1, 0.15) is 30.0 Å². The molecule has 20 heavy (non-hydrogen) atoms. The molecule has 6 heteroatoms. The van der Waals surface area contributed by atoms with E-state index in [1.807, 2.05) is 38.1 Å². The van der Waals surface area contributed by atoms with Crippen LogP contribution in [0.3, 0.4) is 0 Å². The van der Waals surface area contributed by atoms with Gasteiger partial charge in [0, 0.05) is 10.5 Å². The Morgan fingerprint density at radius 1 is 1.45 bits per heavy atom. The molecule has 1 aromatic heterocycles. The average Bonchev–Trinajstić information content (AvgIpc) is 2.82. The fourth-order valence-electron chi connectivity index (χ4n) is 1.82. The molecule has 1 aromatic carbocycles. The number of nitrogens with one attached hydrogen (secondary N) is 2. The summed E-state index contributed by atoms with van der Waals surface area (Å²) in [6.45, 7) is 4.08. The highest BCUT2D eigenvalue weighted by Crippen LogP contribution is 2.22. The average molecular weight is 338 g/mol. The van der Waals surface area contributed by atoms with E-state index in [0.29, 0.717) is 12.2 Å². The van der Waals surface area contributed by atoms with Gasteiger partial charge in [-0.05, 0) is 25.5 Å². The van der Waals surface area contributed by atoms with Crippen molar-refractivity contribution in [1.82, 2.24) is 15.8 Å². The van der Waals surface area contributed by atoms with Crippen molar-refractivity contribution in [1.29, 1.82) is 0 Å². The Morgan fingerprint density at radius 2 is 2.20 bits per heavy atom. The van der Waals surface area contributed by atoms with Crippen LogP contribution in [0.5, 0.6) is 0 Å². The number of aryl methyl sites for hydroxylation is 1. The van der Waals surface area contributed by atoms with Crippen molar-refractivity contribution in [2.75, 3.05) is 0 Å². The van der Waals surface area contributed by atoms with E-state index in [0.717, 1.165) is 15.8 Å². The van der Waals surface area contributed by atoms with Crippen molar-refractivity contribution in [3.8, 4) is 0 Å². The minimum atomic E-state index is -0.242. The van der Waals surface area contributed by atoms with E-state index in [1.54, 1.807) is 6.07 Å². The zero-order valence-electron chi connectivity index (χ0n) is 11.3. The molecule has 0 spiro atoms. The normalized spacial score (nSPS) is 11.9. The van der Waals surface area contributed by atoms with Crippen LogP contribution >= 0.6 is 15.9 Å². The third-order valence-corrected chi connectivity index (χ3v) is 3.55. The molecule has 0 bridgehead atoms. The highest BCUT2D eigenvalue weighted by molar-refractivity contribution is 9.10. The smallest absolute Gasteiger partial charge is 0.315 e. The predicted molar refractivity (Wildman–Crippen MR) is 79.2 cm³/mol. The molecule has 0 aliphatic rings. The number of carbonyl (C=O) groups is 1. The number of nitrogens with zero attached hydrogens (tertiary/aromatic N) is 1. The summed E-state index contributed by atoms with van der Waals surface area (Å²) < 4.78 is 5.91. The first kappa shape index (κ1) is 14.6. The van der Waals surface area contributed by atoms with E-state index in [4.69, 9.17) is 4.52 Å². The monoisotopic (exact) mass is 337 g/mol. The van der Waals surface area contributed by atoms with E-state index < -0.39 is 0 Å². The molecule has 0 saturated heterocycles. The van der Waals surface area contributed by atoms with Gasteiger partial charge in [0.25, 0.3) is 0 Å². The van der Waals surface area contributed by atoms with Gasteiger partial charge in [0.1, 0.15) is 11.5 Å². The van der Waals surface area contributed by atoms with Crippen LogP contribution in [0.15, 0.2) is 39.3 Å². The van der Waals surface area contributed by atoms with Crippen LogP contribution in [0.4, 0.5) is 4.79 Å². The van der Waals surface area contributed by atoms with Crippen LogP contribution < -0.4 is 10.6 Å². The quantitative estimate of drug-likeness (QED) is 0.899. The number of benzene rings is 1. The van der Waals surface area contributed by atoms with E-state index >= 15 is 0 Å². The maximum atomic E-state index is 11.8. The number of urea groups is 1. The van der Waals surface area contributed by atoms with E-state index in [9.17, 15) is 4.79 Å². The molecule has 0 radical (unpaired) electrons. The lowest BCUT2D eigenvalue weighted by atomic mass is 10.1. The fraction of sp³-hybridized carbons (Fsp3) is 0.286. The van der Waals surface area contributed by atoms with Gasteiger partial charge >= 0.3 is 6.03 Å². The summed E-state index contributed by atoms with van der Waals surface area (Å²) in [5.74, 6) is 0.726. The lowest BCUT2D eigenvalue weighted by Crippen LogP contribution is -2.36. The SMILES string of the molecule is Cc1cc(CNC(=O)NC(C)c2ccccc2Br)no1. The highest BCUT2D eigenvalue weighted by atomic mass is 79.9. The van der Waals surface area contributed by atoms with Crippen molar-refractivity contribution in [3.05, 3.63) is 51.8 Å². The summed E-state index contributed by atoms with van der Waals surface area (Å²) in [5, 5.41) is 9.43. The van der Waals surface area contributed by atoms with Crippen molar-refractivity contribution in [2.45, 2.75) is 26.4 Å². The number of rotatable bonds is 4. The predicted octanol–water partition coefficient (Wildman–Crippen LogP) is 3.31. The molecule has 2 rings (SSSR count). The highest BCUT2D eigenvalue weighted by Gasteiger charge is 2.12. The van der Waals surface area contributed by atoms with Gasteiger partial charge in [-0.15, -0.1) is 0 Å². The number of hydrogen-bond donors (Lipinski definition) is 2. The van der Waals surface area contributed by atoms with Gasteiger partial charge in [0.15, 0.2) is 0 Å². The molecule has 106 valence electrons. The van der Waals surface area contributed by atoms with Gasteiger partial charge in [0.2, 0.25) is 0 Å². The number of halogens is 1. The Kier molecular flexibility index (Phi) is 4.79. The summed E-state index contributed by atoms with van der Waals surface area (Å²) in [6.07, 6.45) is 0. The third-order valence-electron chi connectivity index (χ3n) is 2.83. The largest absolute Gasteiger partial charge is 0.361 e. The molecular weight excluding hydrogens is 322 g/mol. The lowest BCUT2D eigenvalue weighted by Gasteiger charge is -2.16. The third kappa shape index (κ3) is 3.84. The summed E-state index contributed by atoms with van der Waals surface area (Å²) in [6, 6.07) is 9.25. The molecule has 1 heterocycles. The summed E-state index contributed by atoms with van der Waals surface area (Å²) in [4.78, 5) is 11.8. The molecule has 2 N–H and O–H groups in total. The second-order valence-corrected chi connectivity index (χ2v) is 5.35. The van der Waals surface area contributed by atoms with Gasteiger partial charge in [-0.3, -0.25) is 0 Å². The molecule has 1 atom stereocenters. The van der Waals surface area contributed by atoms with Gasteiger partial charge in [0.05, 0.1) is 12.6 Å². The Bertz CT molecular complexity index is 598. The van der Waals surface area contributed by atoms with Crippen LogP contribution in [0.2, 0.25) is 0 Å². The number of hydrogen-bond acceptors (Lipinski definition) is 3. The molecule has 1 unspecified atom stereocenters. The number of amides is 2. The van der Waals surface area contributed by atoms with Crippen molar-refractivity contribution in [3.63, 3.8) is 0 Å². The van der Waals surface area contributed by atoms with E-state index in [2.05, 4.69) is 31.7 Å². The fourth-order valence-corrected chi connectivity index (χ4v) is 2.45. The summed E-state index contributed by atoms with van der Waals surface area (Å²) in [5.41, 5.74) is 1.73. The van der Waals surface area contributed by atoms with Crippen LogP contribution in [-0.2, 0) is 6.54 Å². The van der Waals surface area contributed by atoms with Gasteiger partial charge in [-0.2, -0.15) is 0 Å². The Balaban J connectivity index is 1.87. The standard InChI is InChI=1S/C14H16BrN3O2/c1-9-7-11(18-20-9)8-16-14(19)17-10(2)12-5-3-4-6-13(12)15/h3-7,10H,8H2,1-2H3,(H2,16,17,19). The van der Waals surface area contributed by atoms with Crippen molar-refractivity contribution >= 4 is 22.0 Å². The first-order valence-corrected chi connectivity index (χ1v) is 7.06. The van der Waals surface area contributed by atoms with Crippen molar-refractivity contribution < 1.29 is 9.32 Å². The summed E-state index contributed by atoms with van der Waals surface area (Å²) >= 11 is 3.47. The Morgan fingerprint density at radius 3 is 2.85 bits per heavy atom. The zero-order valence-corrected chi connectivity index (χ0v) is 12.9. The number of aromatic nitrogens is 1. The maximum absolute atomic E-state index is 11.8. The molecule has 5 nitrogen and oxygen atoms in total. The first-order valence-electron chi connectivity index (χ1n) is 6.27.